The lowest BCUT2D eigenvalue weighted by Crippen LogP contribution is -1.96. The maximum Gasteiger partial charge on any atom is 0.302 e. The van der Waals surface area contributed by atoms with Crippen LogP contribution in [0.2, 0.25) is 0 Å². The third-order valence-electron chi connectivity index (χ3n) is 1.61. The molecule has 0 aliphatic heterocycles. The molecule has 1 rings (SSSR count). The monoisotopic (exact) mass is 246 g/mol. The van der Waals surface area contributed by atoms with Crippen LogP contribution in [-0.2, 0) is 19.6 Å². The lowest BCUT2D eigenvalue weighted by molar-refractivity contribution is -0.137. The zero-order valence-electron chi connectivity index (χ0n) is 9.30. The highest BCUT2D eigenvalue weighted by atomic mass is 32.2. The fourth-order valence-electron chi connectivity index (χ4n) is 0.710. The van der Waals surface area contributed by atoms with Crippen LogP contribution in [0, 0.1) is 6.92 Å². The number of hydrogen-bond donors (Lipinski definition) is 1. The lowest BCUT2D eigenvalue weighted by atomic mass is 10.2. The molecule has 0 saturated carbocycles. The van der Waals surface area contributed by atoms with E-state index >= 15 is 0 Å². The molecule has 0 atom stereocenters. The lowest BCUT2D eigenvalue weighted by Gasteiger charge is -1.95. The predicted octanol–water partition coefficient (Wildman–Crippen LogP) is 1.42. The Morgan fingerprint density at radius 3 is 1.88 bits per heavy atom. The van der Waals surface area contributed by atoms with Crippen LogP contribution in [0.25, 0.3) is 0 Å². The minimum Gasteiger partial charge on any atom is -0.469 e. The molecule has 0 amide bonds. The maximum absolute atomic E-state index is 10.5. The highest BCUT2D eigenvalue weighted by Crippen LogP contribution is 2.08. The Morgan fingerprint density at radius 1 is 1.25 bits per heavy atom. The Balaban J connectivity index is 0.000000385. The molecule has 5 nitrogen and oxygen atoms in total. The summed E-state index contributed by atoms with van der Waals surface area (Å²) in [5, 5.41) is 0. The summed E-state index contributed by atoms with van der Waals surface area (Å²) < 4.78 is 33.7. The van der Waals surface area contributed by atoms with E-state index in [2.05, 4.69) is 4.74 Å². The second-order valence-electron chi connectivity index (χ2n) is 2.98. The first kappa shape index (κ1) is 14.6. The molecule has 0 fully saturated rings. The number of ether oxygens (including phenoxy) is 1. The minimum absolute atomic E-state index is 0.0666. The van der Waals surface area contributed by atoms with Crippen molar-refractivity contribution in [3.8, 4) is 0 Å². The number of rotatable bonds is 1. The van der Waals surface area contributed by atoms with Crippen LogP contribution < -0.4 is 0 Å². The van der Waals surface area contributed by atoms with Gasteiger partial charge in [-0.3, -0.25) is 9.35 Å². The molecule has 0 spiro atoms. The number of benzene rings is 1. The molecule has 0 saturated heterocycles. The van der Waals surface area contributed by atoms with Crippen LogP contribution >= 0.6 is 0 Å². The van der Waals surface area contributed by atoms with E-state index in [4.69, 9.17) is 4.55 Å². The molecular formula is C10H14O5S. The predicted molar refractivity (Wildman–Crippen MR) is 58.7 cm³/mol. The largest absolute Gasteiger partial charge is 0.469 e. The fourth-order valence-corrected chi connectivity index (χ4v) is 1.19. The summed E-state index contributed by atoms with van der Waals surface area (Å²) in [6.45, 7) is 3.20. The van der Waals surface area contributed by atoms with Crippen molar-refractivity contribution in [3.05, 3.63) is 29.8 Å². The highest BCUT2D eigenvalue weighted by Gasteiger charge is 2.06. The number of aryl methyl sites for hydroxylation is 1. The van der Waals surface area contributed by atoms with Crippen LogP contribution in [0.1, 0.15) is 12.5 Å². The summed E-state index contributed by atoms with van der Waals surface area (Å²) in [6, 6.07) is 5.99. The molecule has 1 aromatic carbocycles. The first-order valence-corrected chi connectivity index (χ1v) is 5.80. The Morgan fingerprint density at radius 2 is 1.62 bits per heavy atom. The van der Waals surface area contributed by atoms with Gasteiger partial charge >= 0.3 is 5.97 Å². The third kappa shape index (κ3) is 6.15. The standard InChI is InChI=1S/C7H8O3S.C3H6O2/c1-6-2-4-7(5-3-6)11(8,9)10;1-3(4)5-2/h2-5H,1H3,(H,8,9,10);1-2H3. The minimum atomic E-state index is -4.02. The summed E-state index contributed by atoms with van der Waals surface area (Å²) in [6.07, 6.45) is 0. The molecule has 0 heterocycles. The molecule has 0 radical (unpaired) electrons. The zero-order chi connectivity index (χ0) is 12.8. The molecule has 1 N–H and O–H groups in total. The molecule has 0 bridgehead atoms. The summed E-state index contributed by atoms with van der Waals surface area (Å²) >= 11 is 0. The average Bonchev–Trinajstić information content (AvgIpc) is 2.18. The van der Waals surface area contributed by atoms with Gasteiger partial charge in [0.1, 0.15) is 0 Å². The van der Waals surface area contributed by atoms with Gasteiger partial charge in [-0.15, -0.1) is 0 Å². The van der Waals surface area contributed by atoms with Crippen molar-refractivity contribution in [3.63, 3.8) is 0 Å². The van der Waals surface area contributed by atoms with Gasteiger partial charge in [-0.05, 0) is 19.1 Å². The molecule has 0 unspecified atom stereocenters. The van der Waals surface area contributed by atoms with Crippen molar-refractivity contribution in [1.82, 2.24) is 0 Å². The Bertz CT molecular complexity index is 433. The third-order valence-corrected chi connectivity index (χ3v) is 2.47. The van der Waals surface area contributed by atoms with E-state index in [1.54, 1.807) is 12.1 Å². The van der Waals surface area contributed by atoms with Crippen molar-refractivity contribution in [2.45, 2.75) is 18.7 Å². The molecule has 16 heavy (non-hydrogen) atoms. The van der Waals surface area contributed by atoms with Gasteiger partial charge in [-0.1, -0.05) is 17.7 Å². The first-order valence-electron chi connectivity index (χ1n) is 4.36. The topological polar surface area (TPSA) is 80.7 Å². The van der Waals surface area contributed by atoms with Gasteiger partial charge < -0.3 is 4.74 Å². The quantitative estimate of drug-likeness (QED) is 0.598. The molecule has 0 aliphatic rings. The van der Waals surface area contributed by atoms with E-state index in [1.807, 2.05) is 6.92 Å². The van der Waals surface area contributed by atoms with Crippen molar-refractivity contribution in [1.29, 1.82) is 0 Å². The van der Waals surface area contributed by atoms with Crippen molar-refractivity contribution < 1.29 is 22.5 Å². The fraction of sp³-hybridized carbons (Fsp3) is 0.300. The number of methoxy groups -OCH3 is 1. The van der Waals surface area contributed by atoms with Crippen LogP contribution in [-0.4, -0.2) is 26.0 Å². The van der Waals surface area contributed by atoms with Gasteiger partial charge in [0.25, 0.3) is 10.1 Å². The molecule has 0 aromatic heterocycles. The highest BCUT2D eigenvalue weighted by molar-refractivity contribution is 7.85. The number of carbonyl (C=O) groups is 1. The van der Waals surface area contributed by atoms with E-state index in [9.17, 15) is 13.2 Å². The molecule has 90 valence electrons. The molecule has 0 aliphatic carbocycles. The SMILES string of the molecule is COC(C)=O.Cc1ccc(S(=O)(=O)O)cc1. The Labute approximate surface area is 94.8 Å². The van der Waals surface area contributed by atoms with E-state index < -0.39 is 10.1 Å². The summed E-state index contributed by atoms with van der Waals surface area (Å²) in [4.78, 5) is 9.52. The van der Waals surface area contributed by atoms with Crippen molar-refractivity contribution in [2.75, 3.05) is 7.11 Å². The second kappa shape index (κ2) is 6.24. The smallest absolute Gasteiger partial charge is 0.302 e. The van der Waals surface area contributed by atoms with Gasteiger partial charge in [0.15, 0.2) is 0 Å². The second-order valence-corrected chi connectivity index (χ2v) is 4.41. The van der Waals surface area contributed by atoms with Gasteiger partial charge in [0.05, 0.1) is 12.0 Å². The van der Waals surface area contributed by atoms with E-state index in [0.717, 1.165) is 5.56 Å². The van der Waals surface area contributed by atoms with Gasteiger partial charge in [0.2, 0.25) is 0 Å². The van der Waals surface area contributed by atoms with Crippen LogP contribution in [0.15, 0.2) is 29.2 Å². The van der Waals surface area contributed by atoms with Gasteiger partial charge in [0, 0.05) is 6.92 Å². The Kier molecular flexibility index (Phi) is 5.69. The maximum atomic E-state index is 10.5. The summed E-state index contributed by atoms with van der Waals surface area (Å²) in [7, 11) is -2.67. The molecule has 6 heteroatoms. The van der Waals surface area contributed by atoms with Crippen LogP contribution in [0.4, 0.5) is 0 Å². The first-order chi connectivity index (χ1) is 7.27. The summed E-state index contributed by atoms with van der Waals surface area (Å²) in [5.41, 5.74) is 0.956. The number of carbonyl (C=O) groups excluding carboxylic acids is 1. The van der Waals surface area contributed by atoms with E-state index in [1.165, 1.54) is 26.2 Å². The van der Waals surface area contributed by atoms with Crippen molar-refractivity contribution >= 4 is 16.1 Å². The van der Waals surface area contributed by atoms with Gasteiger partial charge in [-0.25, -0.2) is 0 Å². The summed E-state index contributed by atoms with van der Waals surface area (Å²) in [5.74, 6) is -0.245. The molecular weight excluding hydrogens is 232 g/mol. The zero-order valence-corrected chi connectivity index (χ0v) is 10.1. The van der Waals surface area contributed by atoms with E-state index in [0.29, 0.717) is 0 Å². The number of hydrogen-bond acceptors (Lipinski definition) is 4. The normalized spacial score (nSPS) is 10.0. The van der Waals surface area contributed by atoms with Crippen LogP contribution in [0.5, 0.6) is 0 Å². The number of esters is 1. The van der Waals surface area contributed by atoms with Crippen molar-refractivity contribution in [2.24, 2.45) is 0 Å². The van der Waals surface area contributed by atoms with Crippen LogP contribution in [0.3, 0.4) is 0 Å². The Hall–Kier alpha value is -1.40. The van der Waals surface area contributed by atoms with E-state index in [-0.39, 0.29) is 10.9 Å². The van der Waals surface area contributed by atoms with Gasteiger partial charge in [-0.2, -0.15) is 8.42 Å². The average molecular weight is 246 g/mol. The molecule has 1 aromatic rings.